The zero-order valence-corrected chi connectivity index (χ0v) is 11.5. The van der Waals surface area contributed by atoms with Crippen LogP contribution in [0.1, 0.15) is 31.9 Å². The molecule has 0 radical (unpaired) electrons. The Kier molecular flexibility index (Phi) is 3.86. The van der Waals surface area contributed by atoms with Gasteiger partial charge < -0.3 is 14.6 Å². The molecule has 0 unspecified atom stereocenters. The lowest BCUT2D eigenvalue weighted by molar-refractivity contribution is -0.128. The number of carbonyl (C=O) groups is 1. The number of hydrogen-bond donors (Lipinski definition) is 1. The Morgan fingerprint density at radius 2 is 2.06 bits per heavy atom. The molecule has 1 aromatic rings. The molecule has 0 bridgehead atoms. The Balaban J connectivity index is 2.80. The number of methoxy groups -OCH3 is 1. The number of rotatable bonds is 3. The van der Waals surface area contributed by atoms with E-state index < -0.39 is 0 Å². The van der Waals surface area contributed by atoms with Gasteiger partial charge in [0.05, 0.1) is 7.11 Å². The summed E-state index contributed by atoms with van der Waals surface area (Å²) < 4.78 is 7.25. The summed E-state index contributed by atoms with van der Waals surface area (Å²) in [5.41, 5.74) is 1.79. The highest BCUT2D eigenvalue weighted by molar-refractivity contribution is 5.81. The van der Waals surface area contributed by atoms with Gasteiger partial charge in [0.25, 0.3) is 0 Å². The van der Waals surface area contributed by atoms with Crippen LogP contribution in [0, 0.1) is 12.3 Å². The minimum absolute atomic E-state index is 0.0443. The third kappa shape index (κ3) is 3.02. The zero-order chi connectivity index (χ0) is 13.2. The minimum Gasteiger partial charge on any atom is -0.482 e. The average Bonchev–Trinajstić information content (AvgIpc) is 2.47. The van der Waals surface area contributed by atoms with Crippen LogP contribution in [-0.2, 0) is 18.4 Å². The quantitative estimate of drug-likeness (QED) is 0.875. The van der Waals surface area contributed by atoms with Gasteiger partial charge in [0, 0.05) is 30.8 Å². The highest BCUT2D eigenvalue weighted by atomic mass is 16.5. The normalized spacial score (nSPS) is 11.4. The van der Waals surface area contributed by atoms with Crippen molar-refractivity contribution in [1.82, 2.24) is 9.88 Å². The van der Waals surface area contributed by atoms with Crippen LogP contribution in [0.5, 0.6) is 5.88 Å². The molecule has 17 heavy (non-hydrogen) atoms. The van der Waals surface area contributed by atoms with Crippen LogP contribution in [0.3, 0.4) is 0 Å². The molecule has 0 atom stereocenters. The Bertz CT molecular complexity index is 414. The molecule has 1 amide bonds. The van der Waals surface area contributed by atoms with E-state index >= 15 is 0 Å². The summed E-state index contributed by atoms with van der Waals surface area (Å²) in [5, 5.41) is 2.94. The van der Waals surface area contributed by atoms with Crippen molar-refractivity contribution in [3.63, 3.8) is 0 Å². The summed E-state index contributed by atoms with van der Waals surface area (Å²) in [4.78, 5) is 11.8. The van der Waals surface area contributed by atoms with E-state index in [4.69, 9.17) is 4.74 Å². The molecule has 0 aliphatic rings. The van der Waals surface area contributed by atoms with E-state index in [1.54, 1.807) is 7.11 Å². The van der Waals surface area contributed by atoms with Crippen molar-refractivity contribution in [2.75, 3.05) is 7.11 Å². The molecule has 1 aromatic heterocycles. The van der Waals surface area contributed by atoms with E-state index in [2.05, 4.69) is 5.32 Å². The van der Waals surface area contributed by atoms with Crippen molar-refractivity contribution in [2.45, 2.75) is 34.2 Å². The summed E-state index contributed by atoms with van der Waals surface area (Å²) in [7, 11) is 3.57. The summed E-state index contributed by atoms with van der Waals surface area (Å²) in [5.74, 6) is 0.847. The van der Waals surface area contributed by atoms with Crippen LogP contribution in [0.25, 0.3) is 0 Å². The molecule has 0 fully saturated rings. The SMILES string of the molecule is COc1c(CNC(=O)C(C)(C)C)c(C)cn1C. The van der Waals surface area contributed by atoms with Crippen LogP contribution in [0.2, 0.25) is 0 Å². The smallest absolute Gasteiger partial charge is 0.225 e. The minimum atomic E-state index is -0.365. The van der Waals surface area contributed by atoms with E-state index in [-0.39, 0.29) is 11.3 Å². The molecule has 0 spiro atoms. The highest BCUT2D eigenvalue weighted by Crippen LogP contribution is 2.23. The Morgan fingerprint density at radius 1 is 1.47 bits per heavy atom. The largest absolute Gasteiger partial charge is 0.482 e. The van der Waals surface area contributed by atoms with Gasteiger partial charge in [-0.05, 0) is 12.5 Å². The fourth-order valence-electron chi connectivity index (χ4n) is 1.72. The first-order chi connectivity index (χ1) is 7.77. The Morgan fingerprint density at radius 3 is 2.53 bits per heavy atom. The number of aromatic nitrogens is 1. The van der Waals surface area contributed by atoms with E-state index in [0.717, 1.165) is 17.0 Å². The molecule has 1 heterocycles. The third-order valence-corrected chi connectivity index (χ3v) is 2.74. The molecule has 1 rings (SSSR count). The molecular weight excluding hydrogens is 216 g/mol. The van der Waals surface area contributed by atoms with Crippen molar-refractivity contribution in [3.05, 3.63) is 17.3 Å². The maximum absolute atomic E-state index is 11.8. The van der Waals surface area contributed by atoms with Crippen molar-refractivity contribution >= 4 is 5.91 Å². The molecule has 4 heteroatoms. The molecule has 96 valence electrons. The molecule has 0 saturated heterocycles. The van der Waals surface area contributed by atoms with Gasteiger partial charge in [-0.1, -0.05) is 20.8 Å². The molecule has 0 saturated carbocycles. The van der Waals surface area contributed by atoms with E-state index in [0.29, 0.717) is 6.54 Å². The van der Waals surface area contributed by atoms with Crippen molar-refractivity contribution in [1.29, 1.82) is 0 Å². The first kappa shape index (κ1) is 13.6. The van der Waals surface area contributed by atoms with Gasteiger partial charge in [0.2, 0.25) is 5.91 Å². The molecule has 4 nitrogen and oxygen atoms in total. The van der Waals surface area contributed by atoms with E-state index in [1.807, 2.05) is 45.5 Å². The second kappa shape index (κ2) is 4.82. The zero-order valence-electron chi connectivity index (χ0n) is 11.5. The maximum atomic E-state index is 11.8. The Hall–Kier alpha value is -1.45. The third-order valence-electron chi connectivity index (χ3n) is 2.74. The lowest BCUT2D eigenvalue weighted by atomic mass is 9.95. The molecule has 1 N–H and O–H groups in total. The second-order valence-corrected chi connectivity index (χ2v) is 5.34. The predicted octanol–water partition coefficient (Wildman–Crippen LogP) is 2.00. The van der Waals surface area contributed by atoms with Crippen molar-refractivity contribution in [3.8, 4) is 5.88 Å². The number of nitrogens with one attached hydrogen (secondary N) is 1. The number of amides is 1. The fourth-order valence-corrected chi connectivity index (χ4v) is 1.72. The van der Waals surface area contributed by atoms with Crippen LogP contribution in [0.4, 0.5) is 0 Å². The number of hydrogen-bond acceptors (Lipinski definition) is 2. The van der Waals surface area contributed by atoms with Crippen molar-refractivity contribution < 1.29 is 9.53 Å². The van der Waals surface area contributed by atoms with Gasteiger partial charge in [-0.15, -0.1) is 0 Å². The van der Waals surface area contributed by atoms with Gasteiger partial charge in [0.15, 0.2) is 5.88 Å². The average molecular weight is 238 g/mol. The summed E-state index contributed by atoms with van der Waals surface area (Å²) in [6, 6.07) is 0. The lowest BCUT2D eigenvalue weighted by Crippen LogP contribution is -2.34. The van der Waals surface area contributed by atoms with E-state index in [9.17, 15) is 4.79 Å². The first-order valence-corrected chi connectivity index (χ1v) is 5.74. The number of carbonyl (C=O) groups excluding carboxylic acids is 1. The van der Waals surface area contributed by atoms with E-state index in [1.165, 1.54) is 0 Å². The first-order valence-electron chi connectivity index (χ1n) is 5.74. The summed E-state index contributed by atoms with van der Waals surface area (Å²) in [6.45, 7) is 8.22. The second-order valence-electron chi connectivity index (χ2n) is 5.34. The van der Waals surface area contributed by atoms with Crippen LogP contribution >= 0.6 is 0 Å². The highest BCUT2D eigenvalue weighted by Gasteiger charge is 2.22. The molecule has 0 aromatic carbocycles. The maximum Gasteiger partial charge on any atom is 0.225 e. The van der Waals surface area contributed by atoms with Gasteiger partial charge in [0.1, 0.15) is 0 Å². The van der Waals surface area contributed by atoms with Crippen LogP contribution in [-0.4, -0.2) is 17.6 Å². The van der Waals surface area contributed by atoms with Crippen LogP contribution in [0.15, 0.2) is 6.20 Å². The standard InChI is InChI=1S/C13H22N2O2/c1-9-8-15(5)11(17-6)10(9)7-14-12(16)13(2,3)4/h8H,7H2,1-6H3,(H,14,16). The molecule has 0 aliphatic carbocycles. The summed E-state index contributed by atoms with van der Waals surface area (Å²) >= 11 is 0. The molecule has 0 aliphatic heterocycles. The lowest BCUT2D eigenvalue weighted by Gasteiger charge is -2.18. The Labute approximate surface area is 103 Å². The number of ether oxygens (including phenoxy) is 1. The van der Waals surface area contributed by atoms with Gasteiger partial charge in [-0.2, -0.15) is 0 Å². The monoisotopic (exact) mass is 238 g/mol. The number of aryl methyl sites for hydroxylation is 2. The predicted molar refractivity (Wildman–Crippen MR) is 68.0 cm³/mol. The summed E-state index contributed by atoms with van der Waals surface area (Å²) in [6.07, 6.45) is 2.00. The van der Waals surface area contributed by atoms with Gasteiger partial charge >= 0.3 is 0 Å². The van der Waals surface area contributed by atoms with Gasteiger partial charge in [-0.3, -0.25) is 4.79 Å². The topological polar surface area (TPSA) is 43.3 Å². The number of nitrogens with zero attached hydrogens (tertiary/aromatic N) is 1. The molecular formula is C13H22N2O2. The van der Waals surface area contributed by atoms with Crippen LogP contribution < -0.4 is 10.1 Å². The van der Waals surface area contributed by atoms with Crippen molar-refractivity contribution in [2.24, 2.45) is 12.5 Å². The van der Waals surface area contributed by atoms with Gasteiger partial charge in [-0.25, -0.2) is 0 Å². The fraction of sp³-hybridized carbons (Fsp3) is 0.615.